The van der Waals surface area contributed by atoms with Crippen LogP contribution < -0.4 is 20.3 Å². The third-order valence-electron chi connectivity index (χ3n) is 7.16. The van der Waals surface area contributed by atoms with Crippen molar-refractivity contribution in [1.29, 1.82) is 0 Å². The monoisotopic (exact) mass is 527 g/mol. The van der Waals surface area contributed by atoms with Crippen molar-refractivity contribution in [2.24, 2.45) is 7.05 Å². The number of amides is 1. The first kappa shape index (κ1) is 26.5. The molecule has 2 aromatic carbocycles. The van der Waals surface area contributed by atoms with E-state index >= 15 is 0 Å². The lowest BCUT2D eigenvalue weighted by Crippen LogP contribution is -2.33. The fourth-order valence-corrected chi connectivity index (χ4v) is 5.08. The highest BCUT2D eigenvalue weighted by atomic mass is 16.5. The van der Waals surface area contributed by atoms with Gasteiger partial charge >= 0.3 is 0 Å². The number of aryl methyl sites for hydroxylation is 1. The van der Waals surface area contributed by atoms with Gasteiger partial charge in [-0.15, -0.1) is 0 Å². The molecule has 1 aliphatic heterocycles. The Balaban J connectivity index is 1.51. The number of anilines is 4. The zero-order valence-corrected chi connectivity index (χ0v) is 23.2. The first-order valence-electron chi connectivity index (χ1n) is 13.5. The lowest BCUT2D eigenvalue weighted by atomic mass is 10.1. The quantitative estimate of drug-likeness (QED) is 0.339. The van der Waals surface area contributed by atoms with E-state index < -0.39 is 0 Å². The van der Waals surface area contributed by atoms with Gasteiger partial charge in [-0.1, -0.05) is 24.6 Å². The molecule has 0 radical (unpaired) electrons. The molecule has 4 aromatic rings. The van der Waals surface area contributed by atoms with Gasteiger partial charge in [-0.25, -0.2) is 9.97 Å². The summed E-state index contributed by atoms with van der Waals surface area (Å²) in [5, 5.41) is 7.64. The Hall–Kier alpha value is -4.11. The van der Waals surface area contributed by atoms with Crippen LogP contribution in [0.5, 0.6) is 5.75 Å². The number of carbonyl (C=O) groups is 1. The molecule has 2 aromatic heterocycles. The summed E-state index contributed by atoms with van der Waals surface area (Å²) >= 11 is 0. The largest absolute Gasteiger partial charge is 0.494 e. The number of ether oxygens (including phenoxy) is 1. The molecule has 204 valence electrons. The van der Waals surface area contributed by atoms with Crippen LogP contribution in [-0.4, -0.2) is 66.2 Å². The molecule has 0 fully saturated rings. The van der Waals surface area contributed by atoms with Crippen molar-refractivity contribution in [3.63, 3.8) is 0 Å². The van der Waals surface area contributed by atoms with Gasteiger partial charge in [-0.3, -0.25) is 4.79 Å². The smallest absolute Gasteiger partial charge is 0.227 e. The molecule has 5 rings (SSSR count). The highest BCUT2D eigenvalue weighted by Gasteiger charge is 2.20. The molecule has 2 N–H and O–H groups in total. The van der Waals surface area contributed by atoms with Crippen LogP contribution >= 0.6 is 0 Å². The number of nitrogens with zero attached hydrogens (tertiary/aromatic N) is 5. The van der Waals surface area contributed by atoms with Crippen LogP contribution in [0.1, 0.15) is 25.7 Å². The second kappa shape index (κ2) is 11.7. The summed E-state index contributed by atoms with van der Waals surface area (Å²) in [4.78, 5) is 26.6. The summed E-state index contributed by atoms with van der Waals surface area (Å²) in [6, 6.07) is 14.1. The number of hydrogen-bond donors (Lipinski definition) is 2. The summed E-state index contributed by atoms with van der Waals surface area (Å²) in [6.45, 7) is 2.68. The molecule has 39 heavy (non-hydrogen) atoms. The Bertz CT molecular complexity index is 1460. The van der Waals surface area contributed by atoms with Gasteiger partial charge in [0.05, 0.1) is 29.9 Å². The number of methoxy groups -OCH3 is 1. The molecule has 0 saturated heterocycles. The highest BCUT2D eigenvalue weighted by Crippen LogP contribution is 2.39. The van der Waals surface area contributed by atoms with E-state index in [1.54, 1.807) is 13.3 Å². The topological polar surface area (TPSA) is 87.5 Å². The molecule has 9 nitrogen and oxygen atoms in total. The van der Waals surface area contributed by atoms with Gasteiger partial charge in [0, 0.05) is 68.0 Å². The number of carbonyl (C=O) groups excluding carboxylic acids is 1. The van der Waals surface area contributed by atoms with Crippen LogP contribution in [0, 0.1) is 0 Å². The summed E-state index contributed by atoms with van der Waals surface area (Å²) in [5.74, 6) is 1.14. The van der Waals surface area contributed by atoms with Gasteiger partial charge in [0.2, 0.25) is 11.9 Å². The van der Waals surface area contributed by atoms with E-state index in [9.17, 15) is 4.79 Å². The van der Waals surface area contributed by atoms with Crippen LogP contribution in [0.4, 0.5) is 23.0 Å². The summed E-state index contributed by atoms with van der Waals surface area (Å²) in [7, 11) is 7.84. The van der Waals surface area contributed by atoms with Crippen LogP contribution in [0.15, 0.2) is 54.9 Å². The van der Waals surface area contributed by atoms with Gasteiger partial charge in [0.15, 0.2) is 0 Å². The number of rotatable bonds is 7. The van der Waals surface area contributed by atoms with Crippen molar-refractivity contribution in [2.45, 2.75) is 25.7 Å². The van der Waals surface area contributed by atoms with Gasteiger partial charge in [0.25, 0.3) is 0 Å². The zero-order valence-electron chi connectivity index (χ0n) is 23.2. The number of hydrogen-bond acceptors (Lipinski definition) is 7. The average Bonchev–Trinajstić information content (AvgIpc) is 3.27. The second-order valence-corrected chi connectivity index (χ2v) is 10.3. The lowest BCUT2D eigenvalue weighted by molar-refractivity contribution is -0.116. The number of likely N-dealkylation sites (N-methyl/N-ethyl adjacent to an activating group) is 1. The molecule has 0 bridgehead atoms. The first-order valence-corrected chi connectivity index (χ1v) is 13.5. The minimum atomic E-state index is 0.0241. The fourth-order valence-electron chi connectivity index (χ4n) is 5.08. The Kier molecular flexibility index (Phi) is 7.97. The van der Waals surface area contributed by atoms with E-state index in [-0.39, 0.29) is 5.91 Å². The van der Waals surface area contributed by atoms with Crippen molar-refractivity contribution in [2.75, 3.05) is 56.4 Å². The van der Waals surface area contributed by atoms with E-state index in [1.165, 1.54) is 0 Å². The summed E-state index contributed by atoms with van der Waals surface area (Å²) in [5.41, 5.74) is 5.42. The Morgan fingerprint density at radius 1 is 1.13 bits per heavy atom. The molecule has 1 amide bonds. The molecule has 9 heteroatoms. The fraction of sp³-hybridized carbons (Fsp3) is 0.367. The van der Waals surface area contributed by atoms with E-state index in [1.807, 2.05) is 37.4 Å². The van der Waals surface area contributed by atoms with Gasteiger partial charge in [-0.05, 0) is 45.1 Å². The molecule has 0 saturated carbocycles. The maximum atomic E-state index is 12.8. The molecule has 0 spiro atoms. The summed E-state index contributed by atoms with van der Waals surface area (Å²) in [6.07, 6.45) is 7.32. The molecule has 1 aliphatic rings. The van der Waals surface area contributed by atoms with E-state index in [4.69, 9.17) is 9.72 Å². The average molecular weight is 528 g/mol. The predicted molar refractivity (Wildman–Crippen MR) is 158 cm³/mol. The van der Waals surface area contributed by atoms with Crippen molar-refractivity contribution in [3.05, 3.63) is 54.9 Å². The van der Waals surface area contributed by atoms with Gasteiger partial charge in [-0.2, -0.15) is 0 Å². The van der Waals surface area contributed by atoms with Gasteiger partial charge < -0.3 is 29.7 Å². The van der Waals surface area contributed by atoms with Crippen LogP contribution in [0.3, 0.4) is 0 Å². The number of para-hydroxylation sites is 1. The van der Waals surface area contributed by atoms with Crippen molar-refractivity contribution < 1.29 is 9.53 Å². The normalized spacial score (nSPS) is 14.3. The van der Waals surface area contributed by atoms with Gasteiger partial charge in [0.1, 0.15) is 5.75 Å². The standard InChI is InChI=1S/C30H37N7O2/c1-35(2)16-17-37-15-9-5-6-12-29(38)32-24-18-25(28(39-4)19-27(24)37)34-30-31-14-13-23(33-30)22-20-36(3)26-11-8-7-10-21(22)26/h7-8,10-11,13-14,18-20H,5-6,9,12,15-17H2,1-4H3,(H,32,38)(H,31,33,34). The lowest BCUT2D eigenvalue weighted by Gasteiger charge is -2.30. The second-order valence-electron chi connectivity index (χ2n) is 10.3. The molecule has 0 unspecified atom stereocenters. The Morgan fingerprint density at radius 2 is 1.97 bits per heavy atom. The molecular weight excluding hydrogens is 490 g/mol. The SMILES string of the molecule is COc1cc2c(cc1Nc1nccc(-c3cn(C)c4ccccc34)n1)NC(=O)CCCCCN2CCN(C)C. The first-order chi connectivity index (χ1) is 18.9. The maximum absolute atomic E-state index is 12.8. The van der Waals surface area contributed by atoms with E-state index in [0.717, 1.165) is 72.4 Å². The molecule has 3 heterocycles. The number of aromatic nitrogens is 3. The third-order valence-corrected chi connectivity index (χ3v) is 7.16. The van der Waals surface area contributed by atoms with Crippen LogP contribution in [-0.2, 0) is 11.8 Å². The van der Waals surface area contributed by atoms with Crippen molar-refractivity contribution in [3.8, 4) is 17.0 Å². The third kappa shape index (κ3) is 5.98. The van der Waals surface area contributed by atoms with E-state index in [2.05, 4.69) is 62.4 Å². The predicted octanol–water partition coefficient (Wildman–Crippen LogP) is 5.27. The Morgan fingerprint density at radius 3 is 2.79 bits per heavy atom. The van der Waals surface area contributed by atoms with Crippen molar-refractivity contribution >= 4 is 39.8 Å². The van der Waals surface area contributed by atoms with E-state index in [0.29, 0.717) is 23.8 Å². The Labute approximate surface area is 229 Å². The van der Waals surface area contributed by atoms with Crippen molar-refractivity contribution in [1.82, 2.24) is 19.4 Å². The molecule has 0 aliphatic carbocycles. The van der Waals surface area contributed by atoms with Crippen LogP contribution in [0.25, 0.3) is 22.2 Å². The minimum Gasteiger partial charge on any atom is -0.494 e. The zero-order chi connectivity index (χ0) is 27.4. The number of benzene rings is 2. The molecular formula is C30H37N7O2. The summed E-state index contributed by atoms with van der Waals surface area (Å²) < 4.78 is 7.92. The highest BCUT2D eigenvalue weighted by molar-refractivity contribution is 5.97. The number of fused-ring (bicyclic) bond motifs is 2. The van der Waals surface area contributed by atoms with Crippen LogP contribution in [0.2, 0.25) is 0 Å². The number of nitrogens with one attached hydrogen (secondary N) is 2. The maximum Gasteiger partial charge on any atom is 0.227 e. The minimum absolute atomic E-state index is 0.0241. The molecule has 0 atom stereocenters.